The maximum absolute atomic E-state index is 12.2. The van der Waals surface area contributed by atoms with Crippen molar-refractivity contribution in [3.05, 3.63) is 129 Å². The molecular formula is C31H31NO5S. The molecule has 1 N–H and O–H groups in total. The first-order valence-corrected chi connectivity index (χ1v) is 13.2. The van der Waals surface area contributed by atoms with Crippen molar-refractivity contribution in [2.24, 2.45) is 0 Å². The van der Waals surface area contributed by atoms with Gasteiger partial charge in [0.05, 0.1) is 33.6 Å². The number of hydrogen-bond donors (Lipinski definition) is 1. The number of thiophene rings is 1. The molecule has 196 valence electrons. The normalized spacial score (nSPS) is 11.7. The number of furan rings is 2. The van der Waals surface area contributed by atoms with Crippen LogP contribution in [0.4, 0.5) is 0 Å². The number of ether oxygens (including phenoxy) is 2. The molecule has 0 saturated carbocycles. The van der Waals surface area contributed by atoms with E-state index in [1.54, 1.807) is 31.8 Å². The zero-order valence-corrected chi connectivity index (χ0v) is 22.5. The second-order valence-electron chi connectivity index (χ2n) is 9.17. The number of methoxy groups -OCH3 is 2. The first-order chi connectivity index (χ1) is 18.5. The van der Waals surface area contributed by atoms with E-state index in [1.807, 2.05) is 72.8 Å². The predicted octanol–water partition coefficient (Wildman–Crippen LogP) is 6.75. The summed E-state index contributed by atoms with van der Waals surface area (Å²) >= 11 is 1.79. The van der Waals surface area contributed by atoms with E-state index in [9.17, 15) is 5.11 Å². The molecule has 0 spiro atoms. The molecule has 3 heterocycles. The molecule has 0 aliphatic carbocycles. The number of rotatable bonds is 11. The van der Waals surface area contributed by atoms with Gasteiger partial charge in [-0.1, -0.05) is 24.3 Å². The largest absolute Gasteiger partial charge is 0.497 e. The molecule has 0 atom stereocenters. The van der Waals surface area contributed by atoms with Gasteiger partial charge in [0, 0.05) is 16.3 Å². The number of aryl methyl sites for hydroxylation is 1. The molecule has 38 heavy (non-hydrogen) atoms. The minimum Gasteiger partial charge on any atom is -0.497 e. The summed E-state index contributed by atoms with van der Waals surface area (Å²) in [5.41, 5.74) is -0.162. The van der Waals surface area contributed by atoms with Crippen LogP contribution in [0.25, 0.3) is 0 Å². The molecule has 3 aromatic heterocycles. The van der Waals surface area contributed by atoms with Crippen LogP contribution in [0.15, 0.2) is 100 Å². The number of hydrogen-bond acceptors (Lipinski definition) is 7. The molecule has 5 aromatic rings. The second kappa shape index (κ2) is 11.3. The average molecular weight is 530 g/mol. The van der Waals surface area contributed by atoms with Gasteiger partial charge in [-0.2, -0.15) is 0 Å². The highest BCUT2D eigenvalue weighted by molar-refractivity contribution is 7.11. The zero-order chi connectivity index (χ0) is 26.5. The summed E-state index contributed by atoms with van der Waals surface area (Å²) < 4.78 is 22.7. The molecule has 2 aromatic carbocycles. The lowest BCUT2D eigenvalue weighted by molar-refractivity contribution is 0.0946. The van der Waals surface area contributed by atoms with Gasteiger partial charge in [0.1, 0.15) is 28.8 Å². The Morgan fingerprint density at radius 2 is 1.39 bits per heavy atom. The van der Waals surface area contributed by atoms with Crippen molar-refractivity contribution < 1.29 is 23.4 Å². The summed E-state index contributed by atoms with van der Waals surface area (Å²) in [4.78, 5) is 4.82. The van der Waals surface area contributed by atoms with Crippen LogP contribution in [0.1, 0.15) is 38.2 Å². The molecule has 0 unspecified atom stereocenters. The SMILES string of the molecule is COc1ccc(C(O)(c2ccc(OC)cc2)c2ccc(CN(Cc3ccco3)Cc3ccc(C)s3)o2)cc1. The van der Waals surface area contributed by atoms with E-state index in [0.717, 1.165) is 18.1 Å². The molecule has 0 aliphatic rings. The van der Waals surface area contributed by atoms with Crippen molar-refractivity contribution in [1.82, 2.24) is 4.90 Å². The highest BCUT2D eigenvalue weighted by atomic mass is 32.1. The quantitative estimate of drug-likeness (QED) is 0.204. The molecule has 7 heteroatoms. The zero-order valence-electron chi connectivity index (χ0n) is 21.7. The molecule has 0 amide bonds. The fourth-order valence-electron chi connectivity index (χ4n) is 4.57. The lowest BCUT2D eigenvalue weighted by Crippen LogP contribution is -2.28. The smallest absolute Gasteiger partial charge is 0.173 e. The van der Waals surface area contributed by atoms with Crippen molar-refractivity contribution in [3.63, 3.8) is 0 Å². The van der Waals surface area contributed by atoms with Gasteiger partial charge in [0.25, 0.3) is 0 Å². The van der Waals surface area contributed by atoms with Crippen LogP contribution >= 0.6 is 11.3 Å². The highest BCUT2D eigenvalue weighted by Gasteiger charge is 2.37. The third-order valence-electron chi connectivity index (χ3n) is 6.55. The van der Waals surface area contributed by atoms with Crippen molar-refractivity contribution in [2.45, 2.75) is 32.2 Å². The van der Waals surface area contributed by atoms with E-state index in [0.29, 0.717) is 41.5 Å². The Hall–Kier alpha value is -3.78. The van der Waals surface area contributed by atoms with E-state index >= 15 is 0 Å². The van der Waals surface area contributed by atoms with Gasteiger partial charge in [-0.25, -0.2) is 0 Å². The average Bonchev–Trinajstić information content (AvgIpc) is 3.72. The molecule has 5 rings (SSSR count). The van der Waals surface area contributed by atoms with E-state index in [-0.39, 0.29) is 0 Å². The standard InChI is InChI=1S/C31H31NO5S/c1-22-6-16-29(38-22)21-32(19-27-5-4-18-36-27)20-28-15-17-30(37-28)31(33,23-7-11-25(34-2)12-8-23)24-9-13-26(35-3)14-10-24/h4-18,33H,19-21H2,1-3H3. The van der Waals surface area contributed by atoms with E-state index in [2.05, 4.69) is 24.0 Å². The summed E-state index contributed by atoms with van der Waals surface area (Å²) in [5.74, 6) is 3.50. The van der Waals surface area contributed by atoms with Crippen LogP contribution in [-0.2, 0) is 25.2 Å². The third-order valence-corrected chi connectivity index (χ3v) is 7.53. The number of aliphatic hydroxyl groups is 1. The maximum atomic E-state index is 12.2. The van der Waals surface area contributed by atoms with Crippen molar-refractivity contribution in [1.29, 1.82) is 0 Å². The molecule has 0 fully saturated rings. The van der Waals surface area contributed by atoms with Gasteiger partial charge in [-0.05, 0) is 78.7 Å². The first kappa shape index (κ1) is 25.9. The van der Waals surface area contributed by atoms with Gasteiger partial charge in [-0.15, -0.1) is 11.3 Å². The molecule has 6 nitrogen and oxygen atoms in total. The number of nitrogens with zero attached hydrogens (tertiary/aromatic N) is 1. The Morgan fingerprint density at radius 3 is 1.92 bits per heavy atom. The predicted molar refractivity (Wildman–Crippen MR) is 148 cm³/mol. The van der Waals surface area contributed by atoms with Crippen LogP contribution in [0, 0.1) is 6.92 Å². The van der Waals surface area contributed by atoms with Crippen LogP contribution in [0.3, 0.4) is 0 Å². The van der Waals surface area contributed by atoms with Gasteiger partial charge < -0.3 is 23.4 Å². The summed E-state index contributed by atoms with van der Waals surface area (Å²) in [5, 5.41) is 12.2. The molecular weight excluding hydrogens is 498 g/mol. The molecule has 0 bridgehead atoms. The van der Waals surface area contributed by atoms with Crippen LogP contribution in [0.5, 0.6) is 11.5 Å². The Kier molecular flexibility index (Phi) is 7.69. The van der Waals surface area contributed by atoms with Crippen molar-refractivity contribution in [3.8, 4) is 11.5 Å². The molecule has 0 saturated heterocycles. The van der Waals surface area contributed by atoms with Crippen molar-refractivity contribution in [2.75, 3.05) is 14.2 Å². The van der Waals surface area contributed by atoms with Crippen molar-refractivity contribution >= 4 is 11.3 Å². The maximum Gasteiger partial charge on any atom is 0.173 e. The summed E-state index contributed by atoms with van der Waals surface area (Å²) in [6, 6.07) is 26.7. The Morgan fingerprint density at radius 1 is 0.763 bits per heavy atom. The highest BCUT2D eigenvalue weighted by Crippen LogP contribution is 2.39. The Bertz CT molecular complexity index is 1390. The monoisotopic (exact) mass is 529 g/mol. The van der Waals surface area contributed by atoms with Crippen LogP contribution < -0.4 is 9.47 Å². The van der Waals surface area contributed by atoms with E-state index in [4.69, 9.17) is 18.3 Å². The van der Waals surface area contributed by atoms with E-state index < -0.39 is 5.60 Å². The summed E-state index contributed by atoms with van der Waals surface area (Å²) in [7, 11) is 3.24. The fraction of sp³-hybridized carbons (Fsp3) is 0.226. The first-order valence-electron chi connectivity index (χ1n) is 12.4. The Balaban J connectivity index is 1.47. The summed E-state index contributed by atoms with van der Waals surface area (Å²) in [6.45, 7) is 4.07. The lowest BCUT2D eigenvalue weighted by Gasteiger charge is -2.28. The van der Waals surface area contributed by atoms with E-state index in [1.165, 1.54) is 9.75 Å². The van der Waals surface area contributed by atoms with Gasteiger partial charge in [0.15, 0.2) is 5.60 Å². The second-order valence-corrected chi connectivity index (χ2v) is 10.5. The number of benzene rings is 2. The minimum atomic E-state index is -1.51. The van der Waals surface area contributed by atoms with Gasteiger partial charge >= 0.3 is 0 Å². The molecule has 0 aliphatic heterocycles. The fourth-order valence-corrected chi connectivity index (χ4v) is 5.51. The Labute approximate surface area is 226 Å². The summed E-state index contributed by atoms with van der Waals surface area (Å²) in [6.07, 6.45) is 1.69. The lowest BCUT2D eigenvalue weighted by atomic mass is 9.84. The topological polar surface area (TPSA) is 68.2 Å². The van der Waals surface area contributed by atoms with Gasteiger partial charge in [0.2, 0.25) is 0 Å². The minimum absolute atomic E-state index is 0.438. The van der Waals surface area contributed by atoms with Gasteiger partial charge in [-0.3, -0.25) is 4.90 Å². The van der Waals surface area contributed by atoms with Crippen LogP contribution in [0.2, 0.25) is 0 Å². The molecule has 0 radical (unpaired) electrons. The van der Waals surface area contributed by atoms with Crippen LogP contribution in [-0.4, -0.2) is 24.2 Å². The third kappa shape index (κ3) is 5.55.